The maximum Gasteiger partial charge on any atom is 0.416 e. The van der Waals surface area contributed by atoms with E-state index < -0.39 is 11.7 Å². The number of nitrogens with zero attached hydrogens (tertiary/aromatic N) is 1. The highest BCUT2D eigenvalue weighted by Crippen LogP contribution is 2.34. The third-order valence-electron chi connectivity index (χ3n) is 3.59. The quantitative estimate of drug-likeness (QED) is 0.892. The van der Waals surface area contributed by atoms with Gasteiger partial charge >= 0.3 is 6.18 Å². The lowest BCUT2D eigenvalue weighted by atomic mass is 10.1. The molecule has 1 aromatic carbocycles. The summed E-state index contributed by atoms with van der Waals surface area (Å²) in [6.07, 6.45) is 0.256. The van der Waals surface area contributed by atoms with Crippen molar-refractivity contribution >= 4 is 5.69 Å². The summed E-state index contributed by atoms with van der Waals surface area (Å²) in [5.41, 5.74) is 5.87. The number of alkyl halides is 3. The van der Waals surface area contributed by atoms with Gasteiger partial charge in [0.05, 0.1) is 5.56 Å². The second kappa shape index (κ2) is 5.82. The molecule has 0 atom stereocenters. The first-order valence-electron chi connectivity index (χ1n) is 6.67. The second-order valence-electron chi connectivity index (χ2n) is 4.94. The van der Waals surface area contributed by atoms with Crippen LogP contribution in [0.2, 0.25) is 0 Å². The van der Waals surface area contributed by atoms with Gasteiger partial charge in [-0.3, -0.25) is 0 Å². The maximum absolute atomic E-state index is 12.8. The molecule has 0 amide bonds. The number of hydrogen-bond acceptors (Lipinski definition) is 2. The van der Waals surface area contributed by atoms with E-state index in [0.29, 0.717) is 0 Å². The lowest BCUT2D eigenvalue weighted by Gasteiger charge is -2.24. The number of rotatable bonds is 2. The van der Waals surface area contributed by atoms with E-state index in [-0.39, 0.29) is 12.1 Å². The molecular formula is C14H19F3N2. The van der Waals surface area contributed by atoms with Crippen LogP contribution in [0.1, 0.15) is 36.8 Å². The minimum Gasteiger partial charge on any atom is -0.372 e. The molecule has 1 saturated heterocycles. The Labute approximate surface area is 111 Å². The summed E-state index contributed by atoms with van der Waals surface area (Å²) in [6.45, 7) is 1.74. The van der Waals surface area contributed by atoms with Crippen LogP contribution >= 0.6 is 0 Å². The molecule has 2 N–H and O–H groups in total. The summed E-state index contributed by atoms with van der Waals surface area (Å²) in [5, 5.41) is 0. The van der Waals surface area contributed by atoms with Crippen LogP contribution < -0.4 is 10.6 Å². The van der Waals surface area contributed by atoms with E-state index >= 15 is 0 Å². The van der Waals surface area contributed by atoms with Crippen LogP contribution in [-0.4, -0.2) is 13.1 Å². The second-order valence-corrected chi connectivity index (χ2v) is 4.94. The van der Waals surface area contributed by atoms with Crippen molar-refractivity contribution in [2.45, 2.75) is 38.4 Å². The highest BCUT2D eigenvalue weighted by atomic mass is 19.4. The van der Waals surface area contributed by atoms with Crippen LogP contribution in [0.25, 0.3) is 0 Å². The number of anilines is 1. The van der Waals surface area contributed by atoms with E-state index in [1.165, 1.54) is 12.8 Å². The smallest absolute Gasteiger partial charge is 0.372 e. The van der Waals surface area contributed by atoms with E-state index in [9.17, 15) is 13.2 Å². The summed E-state index contributed by atoms with van der Waals surface area (Å²) < 4.78 is 38.4. The van der Waals surface area contributed by atoms with Gasteiger partial charge in [0, 0.05) is 25.3 Å². The Balaban J connectivity index is 2.27. The first-order valence-corrected chi connectivity index (χ1v) is 6.67. The zero-order chi connectivity index (χ0) is 13.9. The molecule has 0 unspecified atom stereocenters. The Hall–Kier alpha value is -1.23. The third kappa shape index (κ3) is 3.41. The van der Waals surface area contributed by atoms with Gasteiger partial charge in [-0.1, -0.05) is 12.8 Å². The summed E-state index contributed by atoms with van der Waals surface area (Å²) in [6, 6.07) is 4.31. The summed E-state index contributed by atoms with van der Waals surface area (Å²) >= 11 is 0. The normalized spacial score (nSPS) is 17.4. The number of nitrogens with two attached hydrogens (primary N) is 1. The van der Waals surface area contributed by atoms with Crippen LogP contribution in [0.4, 0.5) is 18.9 Å². The monoisotopic (exact) mass is 272 g/mol. The van der Waals surface area contributed by atoms with Gasteiger partial charge in [-0.25, -0.2) is 0 Å². The zero-order valence-electron chi connectivity index (χ0n) is 10.8. The average Bonchev–Trinajstić information content (AvgIpc) is 2.65. The first-order chi connectivity index (χ1) is 9.02. The fourth-order valence-corrected chi connectivity index (χ4v) is 2.55. The van der Waals surface area contributed by atoms with Gasteiger partial charge in [-0.15, -0.1) is 0 Å². The SMILES string of the molecule is NCc1cc(N2CCCCCC2)ccc1C(F)(F)F. The molecule has 0 spiro atoms. The van der Waals surface area contributed by atoms with Crippen molar-refractivity contribution < 1.29 is 13.2 Å². The zero-order valence-corrected chi connectivity index (χ0v) is 10.8. The topological polar surface area (TPSA) is 29.3 Å². The Morgan fingerprint density at radius 1 is 1.05 bits per heavy atom. The molecule has 0 bridgehead atoms. The van der Waals surface area contributed by atoms with E-state index in [1.54, 1.807) is 12.1 Å². The van der Waals surface area contributed by atoms with Gasteiger partial charge in [-0.05, 0) is 36.6 Å². The van der Waals surface area contributed by atoms with Crippen molar-refractivity contribution in [3.63, 3.8) is 0 Å². The highest BCUT2D eigenvalue weighted by Gasteiger charge is 2.33. The lowest BCUT2D eigenvalue weighted by Crippen LogP contribution is -2.24. The molecule has 5 heteroatoms. The van der Waals surface area contributed by atoms with Crippen LogP contribution in [-0.2, 0) is 12.7 Å². The fourth-order valence-electron chi connectivity index (χ4n) is 2.55. The Kier molecular flexibility index (Phi) is 4.34. The molecule has 2 rings (SSSR count). The van der Waals surface area contributed by atoms with Crippen molar-refractivity contribution in [2.75, 3.05) is 18.0 Å². The molecular weight excluding hydrogens is 253 g/mol. The van der Waals surface area contributed by atoms with Gasteiger partial charge in [0.2, 0.25) is 0 Å². The predicted octanol–water partition coefficient (Wildman–Crippen LogP) is 3.54. The van der Waals surface area contributed by atoms with Crippen LogP contribution in [0.5, 0.6) is 0 Å². The van der Waals surface area contributed by atoms with Crippen molar-refractivity contribution in [3.05, 3.63) is 29.3 Å². The van der Waals surface area contributed by atoms with E-state index in [2.05, 4.69) is 4.90 Å². The van der Waals surface area contributed by atoms with Gasteiger partial charge in [0.15, 0.2) is 0 Å². The Bertz CT molecular complexity index is 421. The number of benzene rings is 1. The largest absolute Gasteiger partial charge is 0.416 e. The van der Waals surface area contributed by atoms with Crippen molar-refractivity contribution in [1.29, 1.82) is 0 Å². The van der Waals surface area contributed by atoms with E-state index in [0.717, 1.165) is 37.7 Å². The molecule has 0 saturated carbocycles. The van der Waals surface area contributed by atoms with Crippen LogP contribution in [0, 0.1) is 0 Å². The molecule has 0 aliphatic carbocycles. The highest BCUT2D eigenvalue weighted by molar-refractivity contribution is 5.52. The minimum absolute atomic E-state index is 0.0868. The van der Waals surface area contributed by atoms with Gasteiger partial charge in [0.1, 0.15) is 0 Å². The summed E-state index contributed by atoms with van der Waals surface area (Å²) in [4.78, 5) is 2.16. The van der Waals surface area contributed by atoms with Crippen molar-refractivity contribution in [3.8, 4) is 0 Å². The maximum atomic E-state index is 12.8. The first kappa shape index (κ1) is 14.2. The minimum atomic E-state index is -4.33. The van der Waals surface area contributed by atoms with Gasteiger partial charge in [0.25, 0.3) is 0 Å². The average molecular weight is 272 g/mol. The molecule has 0 aromatic heterocycles. The van der Waals surface area contributed by atoms with Crippen LogP contribution in [0.15, 0.2) is 18.2 Å². The number of halogens is 3. The molecule has 0 radical (unpaired) electrons. The standard InChI is InChI=1S/C14H19F3N2/c15-14(16,17)13-6-5-12(9-11(13)10-18)19-7-3-1-2-4-8-19/h5-6,9H,1-4,7-8,10,18H2. The molecule has 1 aliphatic heterocycles. The Morgan fingerprint density at radius 3 is 2.21 bits per heavy atom. The van der Waals surface area contributed by atoms with E-state index in [1.807, 2.05) is 0 Å². The fraction of sp³-hybridized carbons (Fsp3) is 0.571. The molecule has 2 nitrogen and oxygen atoms in total. The molecule has 1 aromatic rings. The summed E-state index contributed by atoms with van der Waals surface area (Å²) in [5.74, 6) is 0. The van der Waals surface area contributed by atoms with Crippen molar-refractivity contribution in [1.82, 2.24) is 0 Å². The molecule has 1 heterocycles. The van der Waals surface area contributed by atoms with Crippen molar-refractivity contribution in [2.24, 2.45) is 5.73 Å². The number of hydrogen-bond donors (Lipinski definition) is 1. The molecule has 1 fully saturated rings. The summed E-state index contributed by atoms with van der Waals surface area (Å²) in [7, 11) is 0. The lowest BCUT2D eigenvalue weighted by molar-refractivity contribution is -0.138. The Morgan fingerprint density at radius 2 is 1.68 bits per heavy atom. The van der Waals surface area contributed by atoms with E-state index in [4.69, 9.17) is 5.73 Å². The van der Waals surface area contributed by atoms with Crippen LogP contribution in [0.3, 0.4) is 0 Å². The van der Waals surface area contributed by atoms with Gasteiger partial charge < -0.3 is 10.6 Å². The predicted molar refractivity (Wildman–Crippen MR) is 70.0 cm³/mol. The molecule has 106 valence electrons. The third-order valence-corrected chi connectivity index (χ3v) is 3.59. The van der Waals surface area contributed by atoms with Gasteiger partial charge in [-0.2, -0.15) is 13.2 Å². The molecule has 1 aliphatic rings. The molecule has 19 heavy (non-hydrogen) atoms.